The number of rotatable bonds is 2. The summed E-state index contributed by atoms with van der Waals surface area (Å²) in [6, 6.07) is 0. The van der Waals surface area contributed by atoms with Gasteiger partial charge in [0, 0.05) is 26.2 Å². The maximum absolute atomic E-state index is 9.84. The summed E-state index contributed by atoms with van der Waals surface area (Å²) >= 11 is 0. The zero-order valence-corrected chi connectivity index (χ0v) is 9.05. The van der Waals surface area contributed by atoms with Crippen LogP contribution in [0.4, 0.5) is 0 Å². The first kappa shape index (κ1) is 13.8. The molecule has 1 fully saturated rings. The fraction of sp³-hybridized carbons (Fsp3) is 1.00. The third-order valence-corrected chi connectivity index (χ3v) is 2.31. The van der Waals surface area contributed by atoms with Crippen molar-refractivity contribution in [3.05, 3.63) is 0 Å². The van der Waals surface area contributed by atoms with Crippen LogP contribution in [-0.2, 0) is 10.1 Å². The van der Waals surface area contributed by atoms with E-state index in [0.29, 0.717) is 0 Å². The Hall–Kier alpha value is -0.210. The lowest BCUT2D eigenvalue weighted by Crippen LogP contribution is -2.39. The van der Waals surface area contributed by atoms with E-state index in [1.54, 1.807) is 0 Å². The van der Waals surface area contributed by atoms with Gasteiger partial charge in [0.1, 0.15) is 5.75 Å². The zero-order valence-electron chi connectivity index (χ0n) is 8.23. The van der Waals surface area contributed by atoms with Gasteiger partial charge in [-0.2, -0.15) is 8.42 Å². The van der Waals surface area contributed by atoms with Crippen LogP contribution in [0.1, 0.15) is 6.92 Å². The number of hydrogen-bond acceptors (Lipinski definition) is 5. The molecule has 1 aliphatic rings. The number of hydrogen-bond donors (Lipinski definition) is 4. The van der Waals surface area contributed by atoms with Crippen molar-refractivity contribution in [2.24, 2.45) is 0 Å². The lowest BCUT2D eigenvalue weighted by Gasteiger charge is -2.11. The molecule has 0 aromatic heterocycles. The van der Waals surface area contributed by atoms with E-state index >= 15 is 0 Å². The average Bonchev–Trinajstić information content (AvgIpc) is 2.03. The Morgan fingerprint density at radius 2 is 1.57 bits per heavy atom. The summed E-state index contributed by atoms with van der Waals surface area (Å²) in [5, 5.41) is 14.8. The fourth-order valence-corrected chi connectivity index (χ4v) is 1.52. The molecule has 14 heavy (non-hydrogen) atoms. The summed E-state index contributed by atoms with van der Waals surface area (Å²) in [5.41, 5.74) is 0. The quantitative estimate of drug-likeness (QED) is 0.425. The molecule has 1 heterocycles. The van der Waals surface area contributed by atoms with Crippen LogP contribution in [0.25, 0.3) is 0 Å². The van der Waals surface area contributed by atoms with E-state index < -0.39 is 22.0 Å². The number of nitrogens with one attached hydrogen (secondary N) is 2. The van der Waals surface area contributed by atoms with Crippen molar-refractivity contribution in [2.75, 3.05) is 31.9 Å². The van der Waals surface area contributed by atoms with E-state index in [0.717, 1.165) is 26.2 Å². The first-order valence-electron chi connectivity index (χ1n) is 4.46. The van der Waals surface area contributed by atoms with Crippen molar-refractivity contribution < 1.29 is 18.1 Å². The second-order valence-electron chi connectivity index (χ2n) is 3.10. The molecule has 1 unspecified atom stereocenters. The van der Waals surface area contributed by atoms with Crippen LogP contribution in [0.3, 0.4) is 0 Å². The monoisotopic (exact) mass is 226 g/mol. The molecule has 6 nitrogen and oxygen atoms in total. The zero-order chi connectivity index (χ0) is 11.0. The van der Waals surface area contributed by atoms with Gasteiger partial charge in [0.2, 0.25) is 0 Å². The van der Waals surface area contributed by atoms with Crippen LogP contribution in [-0.4, -0.2) is 56.1 Å². The van der Waals surface area contributed by atoms with Gasteiger partial charge in [-0.3, -0.25) is 4.55 Å². The fourth-order valence-electron chi connectivity index (χ4n) is 0.908. The van der Waals surface area contributed by atoms with Gasteiger partial charge in [0.25, 0.3) is 10.1 Å². The minimum absolute atomic E-state index is 0.590. The van der Waals surface area contributed by atoms with Crippen molar-refractivity contribution in [3.8, 4) is 0 Å². The van der Waals surface area contributed by atoms with Crippen LogP contribution >= 0.6 is 0 Å². The highest BCUT2D eigenvalue weighted by molar-refractivity contribution is 7.85. The second kappa shape index (κ2) is 7.13. The van der Waals surface area contributed by atoms with Crippen molar-refractivity contribution in [1.29, 1.82) is 0 Å². The Kier molecular flexibility index (Phi) is 7.02. The summed E-state index contributed by atoms with van der Waals surface area (Å²) in [6.07, 6.45) is -0.995. The number of aliphatic hydroxyl groups excluding tert-OH is 1. The lowest BCUT2D eigenvalue weighted by molar-refractivity contribution is 0.215. The molecular weight excluding hydrogens is 208 g/mol. The molecule has 1 rings (SSSR count). The van der Waals surface area contributed by atoms with Gasteiger partial charge in [-0.15, -0.1) is 0 Å². The van der Waals surface area contributed by atoms with Gasteiger partial charge in [-0.25, -0.2) is 0 Å². The molecule has 0 radical (unpaired) electrons. The minimum atomic E-state index is -3.97. The van der Waals surface area contributed by atoms with Crippen molar-refractivity contribution >= 4 is 10.1 Å². The van der Waals surface area contributed by atoms with Crippen LogP contribution < -0.4 is 10.6 Å². The van der Waals surface area contributed by atoms with E-state index in [1.165, 1.54) is 6.92 Å². The Morgan fingerprint density at radius 1 is 1.21 bits per heavy atom. The minimum Gasteiger partial charge on any atom is -0.392 e. The molecule has 1 atom stereocenters. The highest BCUT2D eigenvalue weighted by atomic mass is 32.2. The van der Waals surface area contributed by atoms with Gasteiger partial charge in [-0.1, -0.05) is 0 Å². The van der Waals surface area contributed by atoms with Crippen molar-refractivity contribution in [1.82, 2.24) is 10.6 Å². The van der Waals surface area contributed by atoms with Crippen LogP contribution in [0.5, 0.6) is 0 Å². The van der Waals surface area contributed by atoms with E-state index in [1.807, 2.05) is 0 Å². The second-order valence-corrected chi connectivity index (χ2v) is 4.59. The number of piperazine rings is 1. The highest BCUT2D eigenvalue weighted by Crippen LogP contribution is 1.86. The van der Waals surface area contributed by atoms with Gasteiger partial charge < -0.3 is 15.7 Å². The van der Waals surface area contributed by atoms with E-state index in [-0.39, 0.29) is 0 Å². The molecule has 0 aliphatic carbocycles. The first-order chi connectivity index (χ1) is 6.42. The molecule has 0 aromatic rings. The largest absolute Gasteiger partial charge is 0.392 e. The van der Waals surface area contributed by atoms with E-state index in [2.05, 4.69) is 10.6 Å². The first-order valence-corrected chi connectivity index (χ1v) is 6.07. The van der Waals surface area contributed by atoms with Crippen molar-refractivity contribution in [2.45, 2.75) is 13.0 Å². The Labute approximate surface area is 84.5 Å². The molecule has 7 heteroatoms. The summed E-state index contributed by atoms with van der Waals surface area (Å²) in [4.78, 5) is 0. The van der Waals surface area contributed by atoms with E-state index in [9.17, 15) is 8.42 Å². The van der Waals surface area contributed by atoms with Gasteiger partial charge in [0.05, 0.1) is 6.10 Å². The average molecular weight is 226 g/mol. The summed E-state index contributed by atoms with van der Waals surface area (Å²) < 4.78 is 27.7. The third kappa shape index (κ3) is 11.8. The predicted molar refractivity (Wildman–Crippen MR) is 53.8 cm³/mol. The van der Waals surface area contributed by atoms with Crippen LogP contribution in [0.15, 0.2) is 0 Å². The maximum Gasteiger partial charge on any atom is 0.267 e. The molecule has 0 spiro atoms. The standard InChI is InChI=1S/C4H10N2.C3H8O4S/c1-2-6-4-3-5-1;1-3(4)2-8(5,6)7/h5-6H,1-4H2;3-4H,2H2,1H3,(H,5,6,7). The Morgan fingerprint density at radius 3 is 1.64 bits per heavy atom. The Bertz CT molecular complexity index is 212. The SMILES string of the molecule is C1CNCCN1.CC(O)CS(=O)(=O)O. The van der Waals surface area contributed by atoms with Crippen LogP contribution in [0, 0.1) is 0 Å². The maximum atomic E-state index is 9.84. The Balaban J connectivity index is 0.000000249. The normalized spacial score (nSPS) is 19.4. The molecule has 1 aliphatic heterocycles. The molecular formula is C7H18N2O4S. The summed E-state index contributed by atoms with van der Waals surface area (Å²) in [5.74, 6) is -0.590. The number of aliphatic hydroxyl groups is 1. The van der Waals surface area contributed by atoms with Gasteiger partial charge in [0.15, 0.2) is 0 Å². The predicted octanol–water partition coefficient (Wildman–Crippen LogP) is -1.57. The smallest absolute Gasteiger partial charge is 0.267 e. The van der Waals surface area contributed by atoms with E-state index in [4.69, 9.17) is 9.66 Å². The molecule has 86 valence electrons. The molecule has 0 aromatic carbocycles. The third-order valence-electron chi connectivity index (χ3n) is 1.41. The van der Waals surface area contributed by atoms with Gasteiger partial charge in [-0.05, 0) is 6.92 Å². The lowest BCUT2D eigenvalue weighted by atomic mass is 10.4. The van der Waals surface area contributed by atoms with Gasteiger partial charge >= 0.3 is 0 Å². The van der Waals surface area contributed by atoms with Crippen LogP contribution in [0.2, 0.25) is 0 Å². The van der Waals surface area contributed by atoms with Crippen molar-refractivity contribution in [3.63, 3.8) is 0 Å². The summed E-state index contributed by atoms with van der Waals surface area (Å²) in [6.45, 7) is 5.84. The molecule has 0 amide bonds. The summed E-state index contributed by atoms with van der Waals surface area (Å²) in [7, 11) is -3.97. The molecule has 4 N–H and O–H groups in total. The topological polar surface area (TPSA) is 98.7 Å². The molecule has 0 saturated carbocycles. The molecule has 1 saturated heterocycles. The molecule has 0 bridgehead atoms. The highest BCUT2D eigenvalue weighted by Gasteiger charge is 2.07.